The Morgan fingerprint density at radius 1 is 0.880 bits per heavy atom. The fourth-order valence-corrected chi connectivity index (χ4v) is 6.33. The molecule has 0 fully saturated rings. The summed E-state index contributed by atoms with van der Waals surface area (Å²) in [6.45, 7) is 12.5. The van der Waals surface area contributed by atoms with E-state index >= 15 is 0 Å². The molecule has 3 heterocycles. The number of amides is 2. The van der Waals surface area contributed by atoms with Crippen molar-refractivity contribution in [3.05, 3.63) is 96.4 Å². The molecule has 12 nitrogen and oxygen atoms in total. The zero-order valence-corrected chi connectivity index (χ0v) is 29.7. The number of carbonyl (C=O) groups is 2. The van der Waals surface area contributed by atoms with E-state index in [0.717, 1.165) is 16.2 Å². The van der Waals surface area contributed by atoms with Crippen molar-refractivity contribution in [1.82, 2.24) is 14.5 Å². The molecule has 2 amide bonds. The van der Waals surface area contributed by atoms with E-state index in [4.69, 9.17) is 18.9 Å². The van der Waals surface area contributed by atoms with Gasteiger partial charge in [0.1, 0.15) is 51.0 Å². The summed E-state index contributed by atoms with van der Waals surface area (Å²) in [4.78, 5) is 37.8. The fraction of sp³-hybridized carbons (Fsp3) is 0.297. The Morgan fingerprint density at radius 2 is 1.54 bits per heavy atom. The summed E-state index contributed by atoms with van der Waals surface area (Å²) >= 11 is 0. The van der Waals surface area contributed by atoms with E-state index in [-0.39, 0.29) is 18.5 Å². The van der Waals surface area contributed by atoms with Gasteiger partial charge in [-0.1, -0.05) is 24.3 Å². The lowest BCUT2D eigenvalue weighted by Gasteiger charge is -2.28. The van der Waals surface area contributed by atoms with E-state index in [2.05, 4.69) is 14.7 Å². The van der Waals surface area contributed by atoms with Gasteiger partial charge in [-0.15, -0.1) is 0 Å². The molecule has 3 aromatic carbocycles. The standard InChI is InChI=1S/C37H39N5O7S/c1-23-30-29(21-46-23)41(32-31(30)38-22-39-33(32)42(34(43)48-36(2,3)4)35(44)49-37(5,6)7)25-16-18-26(19-17-25)47-27-13-11-12-24(20-27)40-50(45)28-14-9-8-10-15-28/h8-20,22-23,40H,21H2,1-7H3. The first-order valence-corrected chi connectivity index (χ1v) is 17.2. The van der Waals surface area contributed by atoms with Gasteiger partial charge in [-0.2, -0.15) is 4.90 Å². The number of nitrogens with one attached hydrogen (secondary N) is 1. The van der Waals surface area contributed by atoms with Crippen LogP contribution < -0.4 is 14.4 Å². The fourth-order valence-electron chi connectivity index (χ4n) is 5.46. The summed E-state index contributed by atoms with van der Waals surface area (Å²) < 4.78 is 41.2. The number of nitrogens with zero attached hydrogens (tertiary/aromatic N) is 4. The first-order valence-electron chi connectivity index (χ1n) is 16.1. The molecule has 0 aliphatic carbocycles. The second-order valence-corrected chi connectivity index (χ2v) is 14.9. The van der Waals surface area contributed by atoms with E-state index in [1.807, 2.05) is 54.0 Å². The van der Waals surface area contributed by atoms with E-state index < -0.39 is 34.4 Å². The zero-order valence-electron chi connectivity index (χ0n) is 28.9. The minimum absolute atomic E-state index is 0.0117. The third kappa shape index (κ3) is 7.48. The molecule has 0 bridgehead atoms. The van der Waals surface area contributed by atoms with Crippen molar-refractivity contribution >= 4 is 45.7 Å². The SMILES string of the molecule is CC1OCc2c1c1ncnc(N(C(=O)OC(C)(C)C)C(=O)OC(C)(C)C)c1n2-c1ccc(Oc2cccc(NS(=O)c3ccccc3)c2)cc1. The molecule has 50 heavy (non-hydrogen) atoms. The second-order valence-electron chi connectivity index (χ2n) is 13.6. The minimum atomic E-state index is -1.44. The number of carbonyl (C=O) groups excluding carboxylic acids is 2. The summed E-state index contributed by atoms with van der Waals surface area (Å²) in [6, 6.07) is 23.6. The Labute approximate surface area is 292 Å². The molecule has 6 rings (SSSR count). The molecule has 2 unspecified atom stereocenters. The van der Waals surface area contributed by atoms with Gasteiger partial charge in [-0.25, -0.2) is 23.8 Å². The molecule has 1 N–H and O–H groups in total. The normalized spacial score (nSPS) is 14.9. The van der Waals surface area contributed by atoms with E-state index in [9.17, 15) is 13.8 Å². The van der Waals surface area contributed by atoms with Gasteiger partial charge >= 0.3 is 12.2 Å². The maximum absolute atomic E-state index is 13.7. The number of fused-ring (bicyclic) bond motifs is 3. The molecule has 260 valence electrons. The first kappa shape index (κ1) is 34.6. The molecule has 13 heteroatoms. The predicted octanol–water partition coefficient (Wildman–Crippen LogP) is 8.62. The monoisotopic (exact) mass is 697 g/mol. The Hall–Kier alpha value is -5.27. The molecule has 2 aromatic heterocycles. The van der Waals surface area contributed by atoms with E-state index in [0.29, 0.717) is 38.8 Å². The van der Waals surface area contributed by atoms with Gasteiger partial charge in [-0.3, -0.25) is 0 Å². The summed E-state index contributed by atoms with van der Waals surface area (Å²) in [7, 11) is -1.44. The van der Waals surface area contributed by atoms with Crippen LogP contribution in [0.1, 0.15) is 65.8 Å². The molecule has 0 spiro atoms. The lowest BCUT2D eigenvalue weighted by Crippen LogP contribution is -2.44. The van der Waals surface area contributed by atoms with Gasteiger partial charge < -0.3 is 28.2 Å². The van der Waals surface area contributed by atoms with Crippen LogP contribution in [0.3, 0.4) is 0 Å². The Bertz CT molecular complexity index is 2040. The molecular formula is C37H39N5O7S. The maximum Gasteiger partial charge on any atom is 0.425 e. The quantitative estimate of drug-likeness (QED) is 0.177. The van der Waals surface area contributed by atoms with Gasteiger partial charge in [0.25, 0.3) is 0 Å². The van der Waals surface area contributed by atoms with Crippen LogP contribution in [0.2, 0.25) is 0 Å². The highest BCUT2D eigenvalue weighted by molar-refractivity contribution is 7.86. The number of hydrogen-bond donors (Lipinski definition) is 1. The van der Waals surface area contributed by atoms with Gasteiger partial charge in [0.05, 0.1) is 29.0 Å². The number of benzene rings is 3. The Balaban J connectivity index is 1.37. The van der Waals surface area contributed by atoms with Crippen LogP contribution in [0.15, 0.2) is 90.1 Å². The number of rotatable bonds is 7. The van der Waals surface area contributed by atoms with Crippen molar-refractivity contribution in [3.63, 3.8) is 0 Å². The van der Waals surface area contributed by atoms with E-state index in [1.165, 1.54) is 6.33 Å². The molecule has 2 atom stereocenters. The van der Waals surface area contributed by atoms with Crippen molar-refractivity contribution in [1.29, 1.82) is 0 Å². The average molecular weight is 698 g/mol. The van der Waals surface area contributed by atoms with E-state index in [1.54, 1.807) is 77.9 Å². The maximum atomic E-state index is 13.7. The number of ether oxygens (including phenoxy) is 4. The number of aromatic nitrogens is 3. The summed E-state index contributed by atoms with van der Waals surface area (Å²) in [6.07, 6.45) is -0.855. The molecule has 0 saturated carbocycles. The number of imide groups is 1. The van der Waals surface area contributed by atoms with Crippen LogP contribution in [-0.4, -0.2) is 42.1 Å². The van der Waals surface area contributed by atoms with Crippen molar-refractivity contribution < 1.29 is 32.7 Å². The Morgan fingerprint density at radius 3 is 2.18 bits per heavy atom. The van der Waals surface area contributed by atoms with Crippen molar-refractivity contribution in [2.45, 2.75) is 77.3 Å². The average Bonchev–Trinajstić information content (AvgIpc) is 3.58. The van der Waals surface area contributed by atoms with Crippen molar-refractivity contribution in [2.24, 2.45) is 0 Å². The van der Waals surface area contributed by atoms with Crippen LogP contribution in [0, 0.1) is 0 Å². The third-order valence-electron chi connectivity index (χ3n) is 7.44. The summed E-state index contributed by atoms with van der Waals surface area (Å²) in [5.41, 5.74) is 2.11. The Kier molecular flexibility index (Phi) is 9.38. The van der Waals surface area contributed by atoms with Gasteiger partial charge in [0, 0.05) is 17.3 Å². The molecule has 1 aliphatic heterocycles. The smallest absolute Gasteiger partial charge is 0.425 e. The topological polar surface area (TPSA) is 134 Å². The molecule has 1 aliphatic rings. The molecule has 0 saturated heterocycles. The van der Waals surface area contributed by atoms with Gasteiger partial charge in [-0.05, 0) is 97.0 Å². The molecule has 5 aromatic rings. The number of hydrogen-bond acceptors (Lipinski definition) is 9. The number of anilines is 2. The summed E-state index contributed by atoms with van der Waals surface area (Å²) in [5.74, 6) is 1.11. The second kappa shape index (κ2) is 13.6. The highest BCUT2D eigenvalue weighted by Crippen LogP contribution is 2.42. The first-order chi connectivity index (χ1) is 23.7. The molecular weight excluding hydrogens is 659 g/mol. The third-order valence-corrected chi connectivity index (χ3v) is 8.56. The van der Waals surface area contributed by atoms with Crippen LogP contribution in [-0.2, 0) is 31.8 Å². The zero-order chi connectivity index (χ0) is 35.8. The van der Waals surface area contributed by atoms with Crippen molar-refractivity contribution in [2.75, 3.05) is 9.62 Å². The van der Waals surface area contributed by atoms with Crippen LogP contribution >= 0.6 is 0 Å². The lowest BCUT2D eigenvalue weighted by atomic mass is 10.1. The molecule has 0 radical (unpaired) electrons. The minimum Gasteiger partial charge on any atom is -0.457 e. The van der Waals surface area contributed by atoms with Crippen LogP contribution in [0.5, 0.6) is 11.5 Å². The van der Waals surface area contributed by atoms with Gasteiger partial charge in [0.2, 0.25) is 0 Å². The summed E-state index contributed by atoms with van der Waals surface area (Å²) in [5, 5.41) is 0. The lowest BCUT2D eigenvalue weighted by molar-refractivity contribution is 0.0429. The van der Waals surface area contributed by atoms with Crippen LogP contribution in [0.4, 0.5) is 21.1 Å². The predicted molar refractivity (Wildman–Crippen MR) is 190 cm³/mol. The van der Waals surface area contributed by atoms with Crippen molar-refractivity contribution in [3.8, 4) is 17.2 Å². The van der Waals surface area contributed by atoms with Crippen LogP contribution in [0.25, 0.3) is 16.7 Å². The van der Waals surface area contributed by atoms with Gasteiger partial charge in [0.15, 0.2) is 5.82 Å². The highest BCUT2D eigenvalue weighted by Gasteiger charge is 2.38. The highest BCUT2D eigenvalue weighted by atomic mass is 32.2. The largest absolute Gasteiger partial charge is 0.457 e.